The lowest BCUT2D eigenvalue weighted by Gasteiger charge is -2.14. The molecular weight excluding hydrogens is 304 g/mol. The number of pyridine rings is 1. The summed E-state index contributed by atoms with van der Waals surface area (Å²) in [5, 5.41) is 0. The molecule has 23 heavy (non-hydrogen) atoms. The smallest absolute Gasteiger partial charge is 0.246 e. The number of rotatable bonds is 5. The van der Waals surface area contributed by atoms with E-state index in [1.807, 2.05) is 40.9 Å². The third-order valence-corrected chi connectivity index (χ3v) is 5.17. The van der Waals surface area contributed by atoms with Crippen LogP contribution in [0, 0.1) is 5.92 Å². The highest BCUT2D eigenvalue weighted by Crippen LogP contribution is 2.26. The molecule has 1 fully saturated rings. The molecule has 2 aromatic rings. The van der Waals surface area contributed by atoms with E-state index in [1.54, 1.807) is 18.5 Å². The van der Waals surface area contributed by atoms with E-state index in [1.165, 1.54) is 4.90 Å². The monoisotopic (exact) mass is 324 g/mol. The summed E-state index contributed by atoms with van der Waals surface area (Å²) in [6.07, 6.45) is 8.07. The van der Waals surface area contributed by atoms with Gasteiger partial charge in [-0.1, -0.05) is 24.3 Å². The molecule has 1 unspecified atom stereocenters. The molecule has 0 N–H and O–H groups in total. The van der Waals surface area contributed by atoms with Crippen LogP contribution < -0.4 is 0 Å². The first kappa shape index (κ1) is 15.8. The highest BCUT2D eigenvalue weighted by molar-refractivity contribution is 7.99. The summed E-state index contributed by atoms with van der Waals surface area (Å²) < 4.78 is 0. The minimum absolute atomic E-state index is 0.0982. The summed E-state index contributed by atoms with van der Waals surface area (Å²) in [5.41, 5.74) is 0.955. The van der Waals surface area contributed by atoms with Crippen LogP contribution in [0.15, 0.2) is 65.8 Å². The van der Waals surface area contributed by atoms with Gasteiger partial charge in [0.15, 0.2) is 0 Å². The van der Waals surface area contributed by atoms with E-state index in [9.17, 15) is 4.79 Å². The zero-order valence-corrected chi connectivity index (χ0v) is 13.8. The average Bonchev–Trinajstić information content (AvgIpc) is 3.09. The molecule has 1 atom stereocenters. The molecule has 1 aromatic heterocycles. The normalized spacial score (nSPS) is 17.7. The highest BCUT2D eigenvalue weighted by Gasteiger charge is 2.24. The van der Waals surface area contributed by atoms with Crippen molar-refractivity contribution < 1.29 is 4.79 Å². The number of hydrogen-bond donors (Lipinski definition) is 0. The van der Waals surface area contributed by atoms with Crippen LogP contribution in [0.4, 0.5) is 0 Å². The van der Waals surface area contributed by atoms with Crippen molar-refractivity contribution in [1.29, 1.82) is 0 Å². The van der Waals surface area contributed by atoms with Gasteiger partial charge in [0.05, 0.1) is 0 Å². The van der Waals surface area contributed by atoms with Crippen molar-refractivity contribution in [3.63, 3.8) is 0 Å². The van der Waals surface area contributed by atoms with Gasteiger partial charge < -0.3 is 4.90 Å². The molecule has 0 radical (unpaired) electrons. The summed E-state index contributed by atoms with van der Waals surface area (Å²) in [7, 11) is 0. The van der Waals surface area contributed by atoms with Crippen LogP contribution in [-0.4, -0.2) is 34.6 Å². The van der Waals surface area contributed by atoms with E-state index in [4.69, 9.17) is 0 Å². The molecular formula is C19H20N2OS. The van der Waals surface area contributed by atoms with Gasteiger partial charge in [0.1, 0.15) is 0 Å². The zero-order valence-electron chi connectivity index (χ0n) is 13.0. The number of benzene rings is 1. The molecule has 4 heteroatoms. The Bertz CT molecular complexity index is 658. The van der Waals surface area contributed by atoms with Crippen LogP contribution in [0.2, 0.25) is 0 Å². The highest BCUT2D eigenvalue weighted by atomic mass is 32.2. The van der Waals surface area contributed by atoms with E-state index in [-0.39, 0.29) is 5.91 Å². The topological polar surface area (TPSA) is 33.2 Å². The van der Waals surface area contributed by atoms with E-state index in [0.717, 1.165) is 30.8 Å². The second-order valence-corrected chi connectivity index (χ2v) is 6.78. The van der Waals surface area contributed by atoms with Crippen LogP contribution in [0.1, 0.15) is 12.0 Å². The maximum Gasteiger partial charge on any atom is 0.246 e. The molecule has 0 bridgehead atoms. The fraction of sp³-hybridized carbons (Fsp3) is 0.263. The molecule has 1 amide bonds. The number of thioether (sulfide) groups is 1. The molecule has 0 spiro atoms. The molecule has 1 aromatic carbocycles. The van der Waals surface area contributed by atoms with Gasteiger partial charge in [-0.15, -0.1) is 11.8 Å². The van der Waals surface area contributed by atoms with Crippen molar-refractivity contribution in [1.82, 2.24) is 9.88 Å². The van der Waals surface area contributed by atoms with Crippen molar-refractivity contribution in [2.24, 2.45) is 5.92 Å². The number of likely N-dealkylation sites (tertiary alicyclic amines) is 1. The van der Waals surface area contributed by atoms with Gasteiger partial charge in [-0.05, 0) is 42.2 Å². The molecule has 3 nitrogen and oxygen atoms in total. The maximum atomic E-state index is 12.3. The number of hydrogen-bond acceptors (Lipinski definition) is 3. The molecule has 2 heterocycles. The van der Waals surface area contributed by atoms with Crippen molar-refractivity contribution in [2.75, 3.05) is 18.8 Å². The Labute approximate surface area is 141 Å². The lowest BCUT2D eigenvalue weighted by Crippen LogP contribution is -2.27. The summed E-state index contributed by atoms with van der Waals surface area (Å²) in [5.74, 6) is 1.75. The fourth-order valence-corrected chi connectivity index (χ4v) is 3.70. The lowest BCUT2D eigenvalue weighted by atomic mass is 10.2. The molecule has 3 rings (SSSR count). The number of carbonyl (C=O) groups excluding carboxylic acids is 1. The third-order valence-electron chi connectivity index (χ3n) is 3.93. The second kappa shape index (κ2) is 7.97. The summed E-state index contributed by atoms with van der Waals surface area (Å²) >= 11 is 1.88. The Morgan fingerprint density at radius 3 is 2.91 bits per heavy atom. The summed E-state index contributed by atoms with van der Waals surface area (Å²) in [4.78, 5) is 19.5. The molecule has 1 aliphatic heterocycles. The van der Waals surface area contributed by atoms with Gasteiger partial charge in [-0.3, -0.25) is 9.78 Å². The predicted octanol–water partition coefficient (Wildman–Crippen LogP) is 3.74. The first-order valence-corrected chi connectivity index (χ1v) is 8.85. The summed E-state index contributed by atoms with van der Waals surface area (Å²) in [6.45, 7) is 1.71. The van der Waals surface area contributed by atoms with Crippen LogP contribution in [0.25, 0.3) is 6.08 Å². The Morgan fingerprint density at radius 2 is 2.13 bits per heavy atom. The quantitative estimate of drug-likeness (QED) is 0.620. The third kappa shape index (κ3) is 4.70. The van der Waals surface area contributed by atoms with Crippen LogP contribution >= 0.6 is 11.8 Å². The Morgan fingerprint density at radius 1 is 1.26 bits per heavy atom. The standard InChI is InChI=1S/C19H20N2OS/c22-19(9-8-16-5-4-11-20-13-16)21-12-10-17(14-21)15-23-18-6-2-1-3-7-18/h1-9,11,13,17H,10,12,14-15H2/b9-8+. The van der Waals surface area contributed by atoms with Crippen molar-refractivity contribution in [2.45, 2.75) is 11.3 Å². The number of amides is 1. The van der Waals surface area contributed by atoms with Gasteiger partial charge in [0.25, 0.3) is 0 Å². The fourth-order valence-electron chi connectivity index (χ4n) is 2.65. The maximum absolute atomic E-state index is 12.3. The Kier molecular flexibility index (Phi) is 5.48. The van der Waals surface area contributed by atoms with E-state index in [2.05, 4.69) is 29.2 Å². The molecule has 0 saturated carbocycles. The minimum atomic E-state index is 0.0982. The number of aromatic nitrogens is 1. The second-order valence-electron chi connectivity index (χ2n) is 5.68. The van der Waals surface area contributed by atoms with Gasteiger partial charge in [0, 0.05) is 42.2 Å². The summed E-state index contributed by atoms with van der Waals surface area (Å²) in [6, 6.07) is 14.3. The SMILES string of the molecule is O=C(/C=C/c1cccnc1)N1CCC(CSc2ccccc2)C1. The Balaban J connectivity index is 1.47. The minimum Gasteiger partial charge on any atom is -0.339 e. The van der Waals surface area contributed by atoms with Crippen molar-refractivity contribution in [3.05, 3.63) is 66.5 Å². The number of carbonyl (C=O) groups is 1. The van der Waals surface area contributed by atoms with Gasteiger partial charge in [0.2, 0.25) is 5.91 Å². The molecule has 118 valence electrons. The molecule has 1 saturated heterocycles. The van der Waals surface area contributed by atoms with Crippen LogP contribution in [0.3, 0.4) is 0 Å². The van der Waals surface area contributed by atoms with Gasteiger partial charge >= 0.3 is 0 Å². The molecule has 1 aliphatic rings. The van der Waals surface area contributed by atoms with Crippen molar-refractivity contribution >= 4 is 23.7 Å². The lowest BCUT2D eigenvalue weighted by molar-refractivity contribution is -0.125. The molecule has 0 aliphatic carbocycles. The van der Waals surface area contributed by atoms with Gasteiger partial charge in [-0.2, -0.15) is 0 Å². The number of nitrogens with zero attached hydrogens (tertiary/aromatic N) is 2. The van der Waals surface area contributed by atoms with Crippen molar-refractivity contribution in [3.8, 4) is 0 Å². The zero-order chi connectivity index (χ0) is 15.9. The largest absolute Gasteiger partial charge is 0.339 e. The first-order valence-electron chi connectivity index (χ1n) is 7.86. The first-order chi connectivity index (χ1) is 11.3. The average molecular weight is 324 g/mol. The van der Waals surface area contributed by atoms with Gasteiger partial charge in [-0.25, -0.2) is 0 Å². The van der Waals surface area contributed by atoms with E-state index in [0.29, 0.717) is 5.92 Å². The predicted molar refractivity (Wildman–Crippen MR) is 95.1 cm³/mol. The van der Waals surface area contributed by atoms with Crippen LogP contribution in [-0.2, 0) is 4.79 Å². The van der Waals surface area contributed by atoms with E-state index >= 15 is 0 Å². The van der Waals surface area contributed by atoms with Crippen LogP contribution in [0.5, 0.6) is 0 Å². The Hall–Kier alpha value is -2.07. The van der Waals surface area contributed by atoms with E-state index < -0.39 is 0 Å².